The second-order valence-corrected chi connectivity index (χ2v) is 4.95. The van der Waals surface area contributed by atoms with Crippen molar-refractivity contribution in [2.75, 3.05) is 36.9 Å². The summed E-state index contributed by atoms with van der Waals surface area (Å²) in [6.45, 7) is 5.02. The van der Waals surface area contributed by atoms with E-state index in [1.165, 1.54) is 0 Å². The fraction of sp³-hybridized carbons (Fsp3) is 0.333. The van der Waals surface area contributed by atoms with Gasteiger partial charge in [0.2, 0.25) is 5.95 Å². The Morgan fingerprint density at radius 1 is 1.19 bits per heavy atom. The van der Waals surface area contributed by atoms with Crippen LogP contribution in [0, 0.1) is 6.92 Å². The number of benzene rings is 1. The first-order chi connectivity index (χ1) is 10.2. The van der Waals surface area contributed by atoms with Crippen LogP contribution in [0.2, 0.25) is 0 Å². The van der Waals surface area contributed by atoms with Gasteiger partial charge in [-0.15, -0.1) is 0 Å². The Bertz CT molecular complexity index is 610. The molecule has 1 fully saturated rings. The van der Waals surface area contributed by atoms with Gasteiger partial charge in [-0.2, -0.15) is 0 Å². The first-order valence-electron chi connectivity index (χ1n) is 6.91. The fourth-order valence-corrected chi connectivity index (χ4v) is 2.20. The normalized spacial score (nSPS) is 15.0. The van der Waals surface area contributed by atoms with Gasteiger partial charge in [0.1, 0.15) is 5.75 Å². The smallest absolute Gasteiger partial charge is 0.225 e. The van der Waals surface area contributed by atoms with Gasteiger partial charge in [-0.25, -0.2) is 9.97 Å². The summed E-state index contributed by atoms with van der Waals surface area (Å²) in [5, 5.41) is 0. The van der Waals surface area contributed by atoms with Crippen LogP contribution in [0.15, 0.2) is 30.6 Å². The molecule has 1 aromatic carbocycles. The van der Waals surface area contributed by atoms with Crippen LogP contribution in [0.1, 0.15) is 5.56 Å². The molecule has 0 bridgehead atoms. The van der Waals surface area contributed by atoms with Crippen LogP contribution in [0.4, 0.5) is 11.6 Å². The zero-order valence-electron chi connectivity index (χ0n) is 12.0. The quantitative estimate of drug-likeness (QED) is 0.870. The second kappa shape index (κ2) is 5.97. The molecule has 3 rings (SSSR count). The van der Waals surface area contributed by atoms with Gasteiger partial charge in [0.25, 0.3) is 0 Å². The van der Waals surface area contributed by atoms with E-state index in [1.54, 1.807) is 12.4 Å². The number of aryl methyl sites for hydroxylation is 1. The molecule has 1 aromatic heterocycles. The molecule has 6 heteroatoms. The molecule has 0 unspecified atom stereocenters. The van der Waals surface area contributed by atoms with Crippen molar-refractivity contribution < 1.29 is 9.47 Å². The SMILES string of the molecule is Cc1cc(N)ccc1Oc1cnc(N2CCOCC2)nc1. The van der Waals surface area contributed by atoms with Crippen LogP contribution < -0.4 is 15.4 Å². The van der Waals surface area contributed by atoms with E-state index in [2.05, 4.69) is 14.9 Å². The molecular formula is C15H18N4O2. The number of nitrogen functional groups attached to an aromatic ring is 1. The van der Waals surface area contributed by atoms with E-state index in [-0.39, 0.29) is 0 Å². The summed E-state index contributed by atoms with van der Waals surface area (Å²) in [5.74, 6) is 2.08. The number of anilines is 2. The molecule has 2 heterocycles. The number of nitrogens with two attached hydrogens (primary N) is 1. The lowest BCUT2D eigenvalue weighted by Crippen LogP contribution is -2.37. The summed E-state index contributed by atoms with van der Waals surface area (Å²) in [7, 11) is 0. The summed E-state index contributed by atoms with van der Waals surface area (Å²) in [6.07, 6.45) is 3.38. The molecule has 0 radical (unpaired) electrons. The Balaban J connectivity index is 1.71. The molecular weight excluding hydrogens is 268 g/mol. The minimum atomic E-state index is 0.611. The highest BCUT2D eigenvalue weighted by molar-refractivity contribution is 5.48. The van der Waals surface area contributed by atoms with E-state index < -0.39 is 0 Å². The minimum absolute atomic E-state index is 0.611. The van der Waals surface area contributed by atoms with Crippen LogP contribution in [0.25, 0.3) is 0 Å². The number of hydrogen-bond acceptors (Lipinski definition) is 6. The third-order valence-corrected chi connectivity index (χ3v) is 3.34. The first-order valence-corrected chi connectivity index (χ1v) is 6.91. The van der Waals surface area contributed by atoms with Crippen molar-refractivity contribution in [3.63, 3.8) is 0 Å². The molecule has 1 aliphatic heterocycles. The van der Waals surface area contributed by atoms with Crippen molar-refractivity contribution in [3.8, 4) is 11.5 Å². The number of hydrogen-bond donors (Lipinski definition) is 1. The molecule has 0 aliphatic carbocycles. The van der Waals surface area contributed by atoms with Crippen molar-refractivity contribution in [2.24, 2.45) is 0 Å². The number of morpholine rings is 1. The van der Waals surface area contributed by atoms with Gasteiger partial charge in [0.05, 0.1) is 25.6 Å². The Kier molecular flexibility index (Phi) is 3.87. The maximum Gasteiger partial charge on any atom is 0.225 e. The number of ether oxygens (including phenoxy) is 2. The summed E-state index contributed by atoms with van der Waals surface area (Å²) in [6, 6.07) is 5.53. The van der Waals surface area contributed by atoms with Crippen molar-refractivity contribution in [1.29, 1.82) is 0 Å². The molecule has 6 nitrogen and oxygen atoms in total. The average Bonchev–Trinajstić information content (AvgIpc) is 2.52. The summed E-state index contributed by atoms with van der Waals surface area (Å²) in [5.41, 5.74) is 7.43. The fourth-order valence-electron chi connectivity index (χ4n) is 2.20. The highest BCUT2D eigenvalue weighted by atomic mass is 16.5. The lowest BCUT2D eigenvalue weighted by Gasteiger charge is -2.26. The van der Waals surface area contributed by atoms with Gasteiger partial charge in [-0.3, -0.25) is 0 Å². The predicted molar refractivity (Wildman–Crippen MR) is 80.7 cm³/mol. The molecule has 21 heavy (non-hydrogen) atoms. The Morgan fingerprint density at radius 2 is 1.90 bits per heavy atom. The second-order valence-electron chi connectivity index (χ2n) is 4.95. The lowest BCUT2D eigenvalue weighted by atomic mass is 10.2. The molecule has 2 N–H and O–H groups in total. The maximum atomic E-state index is 5.78. The van der Waals surface area contributed by atoms with Crippen LogP contribution in [-0.2, 0) is 4.74 Å². The number of rotatable bonds is 3. The molecule has 0 spiro atoms. The summed E-state index contributed by atoms with van der Waals surface area (Å²) in [4.78, 5) is 10.8. The Hall–Kier alpha value is -2.34. The van der Waals surface area contributed by atoms with Crippen molar-refractivity contribution in [3.05, 3.63) is 36.2 Å². The minimum Gasteiger partial charge on any atom is -0.454 e. The van der Waals surface area contributed by atoms with Gasteiger partial charge in [0, 0.05) is 18.8 Å². The van der Waals surface area contributed by atoms with E-state index in [0.29, 0.717) is 24.9 Å². The van der Waals surface area contributed by atoms with E-state index in [1.807, 2.05) is 25.1 Å². The molecule has 0 amide bonds. The van der Waals surface area contributed by atoms with Crippen LogP contribution >= 0.6 is 0 Å². The summed E-state index contributed by atoms with van der Waals surface area (Å²) < 4.78 is 11.1. The number of nitrogens with zero attached hydrogens (tertiary/aromatic N) is 3. The van der Waals surface area contributed by atoms with Gasteiger partial charge < -0.3 is 20.1 Å². The average molecular weight is 286 g/mol. The van der Waals surface area contributed by atoms with E-state index in [4.69, 9.17) is 15.2 Å². The Labute approximate surface area is 123 Å². The molecule has 110 valence electrons. The monoisotopic (exact) mass is 286 g/mol. The van der Waals surface area contributed by atoms with Gasteiger partial charge in [-0.05, 0) is 30.7 Å². The highest BCUT2D eigenvalue weighted by Gasteiger charge is 2.13. The van der Waals surface area contributed by atoms with Crippen molar-refractivity contribution in [1.82, 2.24) is 9.97 Å². The zero-order valence-corrected chi connectivity index (χ0v) is 12.0. The molecule has 0 atom stereocenters. The summed E-state index contributed by atoms with van der Waals surface area (Å²) >= 11 is 0. The largest absolute Gasteiger partial charge is 0.454 e. The standard InChI is InChI=1S/C15H18N4O2/c1-11-8-12(16)2-3-14(11)21-13-9-17-15(18-10-13)19-4-6-20-7-5-19/h2-3,8-10H,4-7,16H2,1H3. The van der Waals surface area contributed by atoms with Crippen LogP contribution in [0.3, 0.4) is 0 Å². The van der Waals surface area contributed by atoms with E-state index in [0.717, 1.165) is 30.1 Å². The highest BCUT2D eigenvalue weighted by Crippen LogP contribution is 2.26. The van der Waals surface area contributed by atoms with Gasteiger partial charge in [-0.1, -0.05) is 0 Å². The number of aromatic nitrogens is 2. The van der Waals surface area contributed by atoms with Gasteiger partial charge in [0.15, 0.2) is 5.75 Å². The molecule has 2 aromatic rings. The Morgan fingerprint density at radius 3 is 2.57 bits per heavy atom. The van der Waals surface area contributed by atoms with Crippen LogP contribution in [-0.4, -0.2) is 36.3 Å². The molecule has 1 aliphatic rings. The van der Waals surface area contributed by atoms with Crippen LogP contribution in [0.5, 0.6) is 11.5 Å². The van der Waals surface area contributed by atoms with Crippen molar-refractivity contribution >= 4 is 11.6 Å². The predicted octanol–water partition coefficient (Wildman–Crippen LogP) is 2.00. The van der Waals surface area contributed by atoms with E-state index in [9.17, 15) is 0 Å². The molecule has 0 saturated carbocycles. The van der Waals surface area contributed by atoms with E-state index >= 15 is 0 Å². The zero-order chi connectivity index (χ0) is 14.7. The maximum absolute atomic E-state index is 5.78. The van der Waals surface area contributed by atoms with Gasteiger partial charge >= 0.3 is 0 Å². The molecule has 1 saturated heterocycles. The third kappa shape index (κ3) is 3.22. The van der Waals surface area contributed by atoms with Crippen molar-refractivity contribution in [2.45, 2.75) is 6.92 Å². The topological polar surface area (TPSA) is 73.5 Å². The first kappa shape index (κ1) is 13.6. The lowest BCUT2D eigenvalue weighted by molar-refractivity contribution is 0.122. The third-order valence-electron chi connectivity index (χ3n) is 3.34.